The van der Waals surface area contributed by atoms with Crippen LogP contribution < -0.4 is 5.32 Å². The van der Waals surface area contributed by atoms with Crippen LogP contribution in [0.5, 0.6) is 0 Å². The molecule has 0 radical (unpaired) electrons. The van der Waals surface area contributed by atoms with Gasteiger partial charge in [0.1, 0.15) is 0 Å². The van der Waals surface area contributed by atoms with E-state index in [0.29, 0.717) is 35.4 Å². The average molecular weight is 312 g/mol. The fraction of sp³-hybridized carbons (Fsp3) is 0.500. The smallest absolute Gasteiger partial charge is 0.303 e. The van der Waals surface area contributed by atoms with Gasteiger partial charge in [-0.2, -0.15) is 0 Å². The molecule has 0 aromatic heterocycles. The van der Waals surface area contributed by atoms with Crippen LogP contribution in [0.3, 0.4) is 0 Å². The molecule has 0 fully saturated rings. The molecule has 0 aliphatic heterocycles. The minimum atomic E-state index is -0.772. The van der Waals surface area contributed by atoms with E-state index in [2.05, 4.69) is 19.2 Å². The average Bonchev–Trinajstić information content (AvgIpc) is 2.42. The van der Waals surface area contributed by atoms with E-state index >= 15 is 0 Å². The molecule has 0 saturated carbocycles. The first-order valence-corrected chi connectivity index (χ1v) is 7.53. The molecule has 0 aliphatic rings. The van der Waals surface area contributed by atoms with Gasteiger partial charge in [0.15, 0.2) is 0 Å². The van der Waals surface area contributed by atoms with Crippen LogP contribution in [0.4, 0.5) is 0 Å². The molecule has 1 unspecified atom stereocenters. The largest absolute Gasteiger partial charge is 0.481 e. The molecule has 0 bridgehead atoms. The lowest BCUT2D eigenvalue weighted by molar-refractivity contribution is -0.137. The quantitative estimate of drug-likeness (QED) is 0.771. The molecular weight excluding hydrogens is 290 g/mol. The highest BCUT2D eigenvalue weighted by atomic mass is 35.5. The molecule has 0 heterocycles. The Morgan fingerprint density at radius 2 is 1.81 bits per heavy atom. The van der Waals surface area contributed by atoms with Crippen molar-refractivity contribution in [3.8, 4) is 0 Å². The molecule has 1 aromatic rings. The molecular formula is C16H22ClNO3. The molecule has 0 spiro atoms. The number of rotatable bonds is 8. The number of carbonyl (C=O) groups excluding carboxylic acids is 1. The van der Waals surface area contributed by atoms with Gasteiger partial charge in [0.05, 0.1) is 0 Å². The highest BCUT2D eigenvalue weighted by Gasteiger charge is 2.15. The van der Waals surface area contributed by atoms with Crippen LogP contribution in [0.15, 0.2) is 24.3 Å². The Morgan fingerprint density at radius 3 is 2.33 bits per heavy atom. The molecule has 116 valence electrons. The first-order valence-electron chi connectivity index (χ1n) is 7.15. The maximum absolute atomic E-state index is 11.9. The number of nitrogens with one attached hydrogen (secondary N) is 1. The number of carboxylic acids is 1. The summed E-state index contributed by atoms with van der Waals surface area (Å²) >= 11 is 5.78. The highest BCUT2D eigenvalue weighted by Crippen LogP contribution is 2.20. The van der Waals surface area contributed by atoms with Gasteiger partial charge >= 0.3 is 5.97 Å². The maximum atomic E-state index is 11.9. The zero-order valence-electron chi connectivity index (χ0n) is 12.4. The molecule has 1 rings (SSSR count). The van der Waals surface area contributed by atoms with Crippen molar-refractivity contribution in [2.45, 2.75) is 33.1 Å². The third-order valence-corrected chi connectivity index (χ3v) is 3.83. The van der Waals surface area contributed by atoms with Crippen molar-refractivity contribution in [1.82, 2.24) is 5.32 Å². The summed E-state index contributed by atoms with van der Waals surface area (Å²) in [5.74, 6) is -0.207. The summed E-state index contributed by atoms with van der Waals surface area (Å²) < 4.78 is 0. The molecule has 1 aromatic carbocycles. The first-order chi connectivity index (χ1) is 9.90. The van der Waals surface area contributed by atoms with E-state index in [9.17, 15) is 9.59 Å². The number of benzene rings is 1. The van der Waals surface area contributed by atoms with Gasteiger partial charge in [-0.3, -0.25) is 9.59 Å². The third kappa shape index (κ3) is 6.63. The number of hydrogen-bond donors (Lipinski definition) is 2. The summed E-state index contributed by atoms with van der Waals surface area (Å²) in [7, 11) is 0. The van der Waals surface area contributed by atoms with Gasteiger partial charge in [-0.1, -0.05) is 25.4 Å². The Bertz CT molecular complexity index is 471. The van der Waals surface area contributed by atoms with E-state index in [-0.39, 0.29) is 12.3 Å². The van der Waals surface area contributed by atoms with E-state index < -0.39 is 5.97 Å². The second kappa shape index (κ2) is 8.67. The Hall–Kier alpha value is -1.55. The minimum Gasteiger partial charge on any atom is -0.481 e. The lowest BCUT2D eigenvalue weighted by Crippen LogP contribution is -2.27. The predicted molar refractivity (Wildman–Crippen MR) is 83.6 cm³/mol. The number of carboxylic acid groups (broad SMARTS) is 1. The molecule has 5 heteroatoms. The Morgan fingerprint density at radius 1 is 1.19 bits per heavy atom. The van der Waals surface area contributed by atoms with Gasteiger partial charge in [-0.15, -0.1) is 0 Å². The fourth-order valence-corrected chi connectivity index (χ4v) is 2.32. The van der Waals surface area contributed by atoms with Crippen molar-refractivity contribution >= 4 is 23.5 Å². The predicted octanol–water partition coefficient (Wildman–Crippen LogP) is 3.60. The van der Waals surface area contributed by atoms with E-state index in [4.69, 9.17) is 16.7 Å². The molecule has 4 nitrogen and oxygen atoms in total. The fourth-order valence-electron chi connectivity index (χ4n) is 2.19. The molecule has 21 heavy (non-hydrogen) atoms. The number of amides is 1. The van der Waals surface area contributed by atoms with Gasteiger partial charge in [0, 0.05) is 23.6 Å². The van der Waals surface area contributed by atoms with Crippen LogP contribution in [0.2, 0.25) is 5.02 Å². The van der Waals surface area contributed by atoms with Crippen molar-refractivity contribution in [3.05, 3.63) is 34.9 Å². The monoisotopic (exact) mass is 311 g/mol. The van der Waals surface area contributed by atoms with Gasteiger partial charge in [0.25, 0.3) is 5.91 Å². The number of aliphatic carboxylic acids is 1. The number of carbonyl (C=O) groups is 2. The summed E-state index contributed by atoms with van der Waals surface area (Å²) in [6.07, 6.45) is 1.60. The van der Waals surface area contributed by atoms with Crippen LogP contribution in [-0.4, -0.2) is 23.5 Å². The standard InChI is InChI=1S/C16H22ClNO3/c1-11(2)12(5-8-15(19)20)9-10-18-16(21)13-3-6-14(17)7-4-13/h3-4,6-7,11-12H,5,8-10H2,1-2H3,(H,18,21)(H,19,20). The van der Waals surface area contributed by atoms with Gasteiger partial charge in [-0.05, 0) is 48.9 Å². The van der Waals surface area contributed by atoms with Crippen molar-refractivity contribution in [2.75, 3.05) is 6.54 Å². The molecule has 1 atom stereocenters. The van der Waals surface area contributed by atoms with Crippen molar-refractivity contribution in [3.63, 3.8) is 0 Å². The van der Waals surface area contributed by atoms with E-state index in [0.717, 1.165) is 6.42 Å². The summed E-state index contributed by atoms with van der Waals surface area (Å²) in [5, 5.41) is 12.2. The Labute approximate surface area is 130 Å². The molecule has 0 saturated heterocycles. The second-order valence-corrected chi connectivity index (χ2v) is 5.92. The SMILES string of the molecule is CC(C)C(CCNC(=O)c1ccc(Cl)cc1)CCC(=O)O. The molecule has 1 amide bonds. The topological polar surface area (TPSA) is 66.4 Å². The van der Waals surface area contributed by atoms with Crippen molar-refractivity contribution in [2.24, 2.45) is 11.8 Å². The highest BCUT2D eigenvalue weighted by molar-refractivity contribution is 6.30. The minimum absolute atomic E-state index is 0.132. The van der Waals surface area contributed by atoms with Crippen LogP contribution in [0.25, 0.3) is 0 Å². The van der Waals surface area contributed by atoms with Gasteiger partial charge in [-0.25, -0.2) is 0 Å². The lowest BCUT2D eigenvalue weighted by atomic mass is 9.88. The van der Waals surface area contributed by atoms with E-state index in [1.807, 2.05) is 0 Å². The molecule has 0 aliphatic carbocycles. The number of hydrogen-bond acceptors (Lipinski definition) is 2. The summed E-state index contributed by atoms with van der Waals surface area (Å²) in [4.78, 5) is 22.6. The van der Waals surface area contributed by atoms with Crippen molar-refractivity contribution < 1.29 is 14.7 Å². The van der Waals surface area contributed by atoms with Gasteiger partial charge in [0.2, 0.25) is 0 Å². The van der Waals surface area contributed by atoms with E-state index in [1.165, 1.54) is 0 Å². The van der Waals surface area contributed by atoms with Crippen LogP contribution in [0, 0.1) is 11.8 Å². The first kappa shape index (κ1) is 17.5. The van der Waals surface area contributed by atoms with Crippen LogP contribution in [0.1, 0.15) is 43.5 Å². The molecule has 2 N–H and O–H groups in total. The zero-order chi connectivity index (χ0) is 15.8. The van der Waals surface area contributed by atoms with Crippen LogP contribution in [-0.2, 0) is 4.79 Å². The summed E-state index contributed by atoms with van der Waals surface area (Å²) in [5.41, 5.74) is 0.575. The lowest BCUT2D eigenvalue weighted by Gasteiger charge is -2.20. The third-order valence-electron chi connectivity index (χ3n) is 3.58. The van der Waals surface area contributed by atoms with Crippen molar-refractivity contribution in [1.29, 1.82) is 0 Å². The Balaban J connectivity index is 2.40. The Kier molecular flexibility index (Phi) is 7.23. The summed E-state index contributed by atoms with van der Waals surface area (Å²) in [6, 6.07) is 6.73. The number of halogens is 1. The normalized spacial score (nSPS) is 12.2. The zero-order valence-corrected chi connectivity index (χ0v) is 13.2. The summed E-state index contributed by atoms with van der Waals surface area (Å²) in [6.45, 7) is 4.70. The maximum Gasteiger partial charge on any atom is 0.303 e. The van der Waals surface area contributed by atoms with E-state index in [1.54, 1.807) is 24.3 Å². The van der Waals surface area contributed by atoms with Gasteiger partial charge < -0.3 is 10.4 Å². The van der Waals surface area contributed by atoms with Crippen LogP contribution >= 0.6 is 11.6 Å². The second-order valence-electron chi connectivity index (χ2n) is 5.49.